The van der Waals surface area contributed by atoms with E-state index < -0.39 is 17.9 Å². The quantitative estimate of drug-likeness (QED) is 0.539. The first-order valence-corrected chi connectivity index (χ1v) is 22.1. The van der Waals surface area contributed by atoms with E-state index in [4.69, 9.17) is 0 Å². The number of allylic oxidation sites excluding steroid dienone is 8. The van der Waals surface area contributed by atoms with Gasteiger partial charge in [-0.3, -0.25) is 0 Å². The second kappa shape index (κ2) is 6.27. The maximum Gasteiger partial charge on any atom is -0.147 e. The van der Waals surface area contributed by atoms with E-state index in [1.54, 1.807) is 25.0 Å². The van der Waals surface area contributed by atoms with Crippen LogP contribution in [0.15, 0.2) is 41.5 Å². The van der Waals surface area contributed by atoms with Gasteiger partial charge >= 0.3 is 122 Å². The van der Waals surface area contributed by atoms with Gasteiger partial charge < -0.3 is 0 Å². The van der Waals surface area contributed by atoms with Crippen LogP contribution in [0.2, 0.25) is 8.26 Å². The molecule has 0 aromatic heterocycles. The third-order valence-corrected chi connectivity index (χ3v) is 39.5. The second-order valence-corrected chi connectivity index (χ2v) is 38.4. The fourth-order valence-corrected chi connectivity index (χ4v) is 34.4. The van der Waals surface area contributed by atoms with Crippen molar-refractivity contribution in [3.63, 3.8) is 0 Å². The van der Waals surface area contributed by atoms with Gasteiger partial charge in [-0.15, -0.1) is 24.8 Å². The predicted octanol–water partition coefficient (Wildman–Crippen LogP) is 5.14. The second-order valence-electron chi connectivity index (χ2n) is 7.54. The summed E-state index contributed by atoms with van der Waals surface area (Å²) in [5.74, 6) is 0.755. The Kier molecular flexibility index (Phi) is 5.88. The van der Waals surface area contributed by atoms with Crippen LogP contribution in [0.3, 0.4) is 0 Å². The predicted molar refractivity (Wildman–Crippen MR) is 101 cm³/mol. The summed E-state index contributed by atoms with van der Waals surface area (Å²) in [5.41, 5.74) is 4.99. The standard InChI is InChI=1S/C9H13.C5H5.C3H6.2ClH.H3Si.Zr/c1-6-5-7(2)9(4)8(6)3;1-2-4-5-3-1;1-3-2;;;;/h6H,1-4H3;1-3H,4H2;1-3H2;2*1H;1H3;. The van der Waals surface area contributed by atoms with E-state index in [2.05, 4.69) is 45.9 Å². The average molecular weight is 424 g/mol. The summed E-state index contributed by atoms with van der Waals surface area (Å²) in [4.78, 5) is 0. The Hall–Kier alpha value is 0.640. The van der Waals surface area contributed by atoms with Crippen LogP contribution in [-0.4, -0.2) is 7.37 Å². The van der Waals surface area contributed by atoms with Crippen molar-refractivity contribution in [3.05, 3.63) is 41.5 Å². The zero-order chi connectivity index (χ0) is 13.9. The molecular weight excluding hydrogens is 394 g/mol. The maximum absolute atomic E-state index is 2.63. The van der Waals surface area contributed by atoms with Crippen LogP contribution in [-0.2, 0) is 17.9 Å². The third-order valence-electron chi connectivity index (χ3n) is 6.84. The summed E-state index contributed by atoms with van der Waals surface area (Å²) in [6, 6.07) is 0. The van der Waals surface area contributed by atoms with E-state index in [1.807, 2.05) is 6.56 Å². The summed E-state index contributed by atoms with van der Waals surface area (Å²) in [6.45, 7) is 9.65. The monoisotopic (exact) mass is 421 g/mol. The minimum Gasteiger partial charge on any atom is -0.147 e. The maximum atomic E-state index is 2.52. The largest absolute Gasteiger partial charge is 0.147 e. The minimum atomic E-state index is -2.63. The van der Waals surface area contributed by atoms with Gasteiger partial charge in [-0.2, -0.15) is 0 Å². The summed E-state index contributed by atoms with van der Waals surface area (Å²) in [7, 11) is 1.48. The zero-order valence-corrected chi connectivity index (χ0v) is 20.0. The van der Waals surface area contributed by atoms with Crippen LogP contribution in [0.1, 0.15) is 40.5 Å². The van der Waals surface area contributed by atoms with Crippen molar-refractivity contribution in [2.45, 2.75) is 48.8 Å². The van der Waals surface area contributed by atoms with Crippen molar-refractivity contribution in [1.82, 2.24) is 0 Å². The van der Waals surface area contributed by atoms with Gasteiger partial charge in [0.1, 0.15) is 0 Å². The number of hydrogen-bond donors (Lipinski definition) is 0. The van der Waals surface area contributed by atoms with Crippen molar-refractivity contribution in [3.8, 4) is 0 Å². The van der Waals surface area contributed by atoms with Gasteiger partial charge in [-0.05, 0) is 0 Å². The van der Waals surface area contributed by atoms with E-state index in [9.17, 15) is 0 Å². The molecule has 3 aliphatic rings. The molecule has 1 aliphatic heterocycles. The molecule has 0 nitrogen and oxygen atoms in total. The minimum absolute atomic E-state index is 0. The van der Waals surface area contributed by atoms with Gasteiger partial charge in [-0.1, -0.05) is 0 Å². The molecule has 0 bridgehead atoms. The Morgan fingerprint density at radius 1 is 1.10 bits per heavy atom. The Balaban J connectivity index is 0.00000110. The summed E-state index contributed by atoms with van der Waals surface area (Å²) in [6.07, 6.45) is 10.0. The first-order chi connectivity index (χ1) is 8.89. The summed E-state index contributed by atoms with van der Waals surface area (Å²) < 4.78 is 7.16. The number of halogens is 2. The van der Waals surface area contributed by atoms with Gasteiger partial charge in [0.05, 0.1) is 0 Å². The van der Waals surface area contributed by atoms with Gasteiger partial charge in [0, 0.05) is 0 Å². The summed E-state index contributed by atoms with van der Waals surface area (Å²) >= 11 is -2.63. The molecule has 0 radical (unpaired) electrons. The fraction of sp³-hybridized carbons (Fsp3) is 0.529. The molecule has 1 fully saturated rings. The van der Waals surface area contributed by atoms with E-state index >= 15 is 0 Å². The molecule has 2 aliphatic carbocycles. The molecule has 0 spiro atoms. The molecule has 21 heavy (non-hydrogen) atoms. The van der Waals surface area contributed by atoms with Crippen LogP contribution in [0, 0.1) is 5.92 Å². The average Bonchev–Trinajstić information content (AvgIpc) is 2.94. The third kappa shape index (κ3) is 2.49. The Morgan fingerprint density at radius 2 is 1.71 bits per heavy atom. The molecule has 3 rings (SSSR count). The van der Waals surface area contributed by atoms with E-state index in [1.165, 1.54) is 20.2 Å². The molecule has 1 unspecified atom stereocenters. The normalized spacial score (nSPS) is 31.0. The SMILES string of the molecule is CC1=C(C)C(C)[C]([Zr]2([SiH3])([C]3=CC=CC3)[CH2]C[CH2]2)=C1C.Cl.Cl. The Bertz CT molecular complexity index is 580. The molecule has 0 aromatic carbocycles. The first-order valence-electron chi connectivity index (χ1n) is 7.83. The topological polar surface area (TPSA) is 0 Å². The van der Waals surface area contributed by atoms with Gasteiger partial charge in [0.25, 0.3) is 0 Å². The summed E-state index contributed by atoms with van der Waals surface area (Å²) in [5, 5.41) is 0. The van der Waals surface area contributed by atoms with Crippen molar-refractivity contribution in [2.24, 2.45) is 5.92 Å². The van der Waals surface area contributed by atoms with Crippen molar-refractivity contribution < 1.29 is 17.9 Å². The first kappa shape index (κ1) is 19.7. The van der Waals surface area contributed by atoms with Gasteiger partial charge in [-0.25, -0.2) is 0 Å². The van der Waals surface area contributed by atoms with E-state index in [-0.39, 0.29) is 24.8 Å². The van der Waals surface area contributed by atoms with Crippen LogP contribution in [0.25, 0.3) is 0 Å². The van der Waals surface area contributed by atoms with E-state index in [0.29, 0.717) is 0 Å². The van der Waals surface area contributed by atoms with Crippen molar-refractivity contribution in [1.29, 1.82) is 0 Å². The molecule has 0 aromatic rings. The molecule has 0 N–H and O–H groups in total. The Morgan fingerprint density at radius 3 is 2.05 bits per heavy atom. The molecular formula is C17H29Cl2SiZr. The van der Waals surface area contributed by atoms with E-state index in [0.717, 1.165) is 5.92 Å². The molecule has 0 saturated carbocycles. The van der Waals surface area contributed by atoms with Crippen LogP contribution < -0.4 is 0 Å². The van der Waals surface area contributed by atoms with Gasteiger partial charge in [0.15, 0.2) is 0 Å². The molecule has 1 heterocycles. The van der Waals surface area contributed by atoms with Crippen LogP contribution in [0.4, 0.5) is 0 Å². The van der Waals surface area contributed by atoms with Gasteiger partial charge in [0.2, 0.25) is 0 Å². The Labute approximate surface area is 145 Å². The van der Waals surface area contributed by atoms with Crippen LogP contribution in [0.5, 0.6) is 0 Å². The molecule has 0 amide bonds. The smallest absolute Gasteiger partial charge is 0.147 e. The number of rotatable bonds is 2. The molecule has 1 saturated heterocycles. The molecule has 4 heteroatoms. The van der Waals surface area contributed by atoms with Crippen molar-refractivity contribution >= 4 is 32.2 Å². The fourth-order valence-electron chi connectivity index (χ4n) is 5.18. The number of hydrogen-bond acceptors (Lipinski definition) is 0. The zero-order valence-electron chi connectivity index (χ0n) is 14.0. The molecule has 1 atom stereocenters. The van der Waals surface area contributed by atoms with Crippen molar-refractivity contribution in [2.75, 3.05) is 0 Å². The molecule has 119 valence electrons. The van der Waals surface area contributed by atoms with Crippen LogP contribution >= 0.6 is 24.8 Å².